The van der Waals surface area contributed by atoms with Crippen molar-refractivity contribution in [1.29, 1.82) is 0 Å². The minimum atomic E-state index is 0.0749. The predicted molar refractivity (Wildman–Crippen MR) is 88.5 cm³/mol. The Morgan fingerprint density at radius 2 is 2.19 bits per heavy atom. The van der Waals surface area contributed by atoms with Crippen LogP contribution >= 0.6 is 0 Å². The van der Waals surface area contributed by atoms with Gasteiger partial charge in [-0.15, -0.1) is 0 Å². The largest absolute Gasteiger partial charge is 0.494 e. The zero-order valence-corrected chi connectivity index (χ0v) is 13.8. The van der Waals surface area contributed by atoms with E-state index in [2.05, 4.69) is 30.0 Å². The molecule has 2 rings (SSSR count). The van der Waals surface area contributed by atoms with Crippen LogP contribution in [0.15, 0.2) is 18.2 Å². The highest BCUT2D eigenvalue weighted by molar-refractivity contribution is 5.38. The van der Waals surface area contributed by atoms with Crippen molar-refractivity contribution in [3.8, 4) is 5.75 Å². The van der Waals surface area contributed by atoms with Crippen molar-refractivity contribution in [2.45, 2.75) is 52.6 Å². The molecule has 0 saturated carbocycles. The van der Waals surface area contributed by atoms with E-state index in [0.29, 0.717) is 6.61 Å². The summed E-state index contributed by atoms with van der Waals surface area (Å²) in [7, 11) is 0. The molecule has 3 nitrogen and oxygen atoms in total. The van der Waals surface area contributed by atoms with Crippen LogP contribution in [-0.2, 0) is 6.54 Å². The second-order valence-corrected chi connectivity index (χ2v) is 6.27. The molecule has 1 aliphatic rings. The van der Waals surface area contributed by atoms with E-state index >= 15 is 0 Å². The monoisotopic (exact) mass is 290 g/mol. The van der Waals surface area contributed by atoms with Crippen LogP contribution in [0, 0.1) is 5.92 Å². The zero-order chi connectivity index (χ0) is 15.2. The van der Waals surface area contributed by atoms with E-state index in [9.17, 15) is 0 Å². The lowest BCUT2D eigenvalue weighted by Crippen LogP contribution is -2.21. The van der Waals surface area contributed by atoms with E-state index in [-0.39, 0.29) is 6.04 Å². The normalized spacial score (nSPS) is 20.7. The van der Waals surface area contributed by atoms with Crippen LogP contribution in [0.25, 0.3) is 0 Å². The number of hydrogen-bond acceptors (Lipinski definition) is 3. The highest BCUT2D eigenvalue weighted by Gasteiger charge is 2.22. The van der Waals surface area contributed by atoms with E-state index < -0.39 is 0 Å². The number of rotatable bonds is 7. The molecule has 1 heterocycles. The third-order valence-corrected chi connectivity index (χ3v) is 4.37. The molecule has 1 aliphatic heterocycles. The Hall–Kier alpha value is -1.06. The molecular weight excluding hydrogens is 260 g/mol. The van der Waals surface area contributed by atoms with E-state index in [1.165, 1.54) is 43.5 Å². The fourth-order valence-electron chi connectivity index (χ4n) is 3.24. The van der Waals surface area contributed by atoms with Crippen LogP contribution in [0.2, 0.25) is 0 Å². The van der Waals surface area contributed by atoms with Gasteiger partial charge < -0.3 is 10.5 Å². The minimum Gasteiger partial charge on any atom is -0.494 e. The van der Waals surface area contributed by atoms with Gasteiger partial charge >= 0.3 is 0 Å². The molecule has 0 radical (unpaired) electrons. The molecule has 1 aromatic rings. The van der Waals surface area contributed by atoms with Crippen molar-refractivity contribution < 1.29 is 4.74 Å². The number of benzene rings is 1. The molecule has 1 aromatic carbocycles. The third kappa shape index (κ3) is 4.45. The molecule has 21 heavy (non-hydrogen) atoms. The average molecular weight is 290 g/mol. The maximum atomic E-state index is 6.02. The standard InChI is InChI=1S/C18H30N2O/c1-4-6-15-9-10-20(12-15)13-17-11-16(14(3)19)7-8-18(17)21-5-2/h7-8,11,14-15H,4-6,9-10,12-13,19H2,1-3H3. The summed E-state index contributed by atoms with van der Waals surface area (Å²) in [6, 6.07) is 6.47. The predicted octanol–water partition coefficient (Wildman–Crippen LogP) is 3.73. The zero-order valence-electron chi connectivity index (χ0n) is 13.8. The second-order valence-electron chi connectivity index (χ2n) is 6.27. The first-order chi connectivity index (χ1) is 10.1. The van der Waals surface area contributed by atoms with E-state index in [1.54, 1.807) is 0 Å². The topological polar surface area (TPSA) is 38.5 Å². The maximum Gasteiger partial charge on any atom is 0.123 e. The van der Waals surface area contributed by atoms with Gasteiger partial charge in [0.1, 0.15) is 5.75 Å². The first kappa shape index (κ1) is 16.3. The molecule has 0 aromatic heterocycles. The van der Waals surface area contributed by atoms with Crippen molar-refractivity contribution in [2.24, 2.45) is 11.7 Å². The van der Waals surface area contributed by atoms with Crippen LogP contribution in [-0.4, -0.2) is 24.6 Å². The molecular formula is C18H30N2O. The van der Waals surface area contributed by atoms with Crippen LogP contribution in [0.5, 0.6) is 5.75 Å². The SMILES string of the molecule is CCCC1CCN(Cc2cc(C(C)N)ccc2OCC)C1. The van der Waals surface area contributed by atoms with E-state index in [0.717, 1.165) is 18.2 Å². The number of ether oxygens (including phenoxy) is 1. The maximum absolute atomic E-state index is 6.02. The Morgan fingerprint density at radius 1 is 1.38 bits per heavy atom. The Morgan fingerprint density at radius 3 is 2.86 bits per heavy atom. The molecule has 2 N–H and O–H groups in total. The highest BCUT2D eigenvalue weighted by Crippen LogP contribution is 2.28. The Balaban J connectivity index is 2.08. The summed E-state index contributed by atoms with van der Waals surface area (Å²) in [6.45, 7) is 10.5. The lowest BCUT2D eigenvalue weighted by atomic mass is 10.0. The van der Waals surface area contributed by atoms with Crippen molar-refractivity contribution in [1.82, 2.24) is 4.90 Å². The summed E-state index contributed by atoms with van der Waals surface area (Å²) in [6.07, 6.45) is 3.99. The molecule has 2 unspecified atom stereocenters. The molecule has 1 saturated heterocycles. The number of nitrogens with zero attached hydrogens (tertiary/aromatic N) is 1. The van der Waals surface area contributed by atoms with Crippen molar-refractivity contribution >= 4 is 0 Å². The lowest BCUT2D eigenvalue weighted by Gasteiger charge is -2.20. The summed E-state index contributed by atoms with van der Waals surface area (Å²) < 4.78 is 5.79. The fraction of sp³-hybridized carbons (Fsp3) is 0.667. The van der Waals surface area contributed by atoms with E-state index in [1.807, 2.05) is 13.8 Å². The molecule has 0 spiro atoms. The van der Waals surface area contributed by atoms with Gasteiger partial charge in [-0.1, -0.05) is 19.4 Å². The van der Waals surface area contributed by atoms with Crippen molar-refractivity contribution in [3.05, 3.63) is 29.3 Å². The van der Waals surface area contributed by atoms with Gasteiger partial charge in [0.25, 0.3) is 0 Å². The summed E-state index contributed by atoms with van der Waals surface area (Å²) in [5.41, 5.74) is 8.50. The molecule has 3 heteroatoms. The van der Waals surface area contributed by atoms with Crippen LogP contribution < -0.4 is 10.5 Å². The minimum absolute atomic E-state index is 0.0749. The summed E-state index contributed by atoms with van der Waals surface area (Å²) in [5.74, 6) is 1.89. The van der Waals surface area contributed by atoms with E-state index in [4.69, 9.17) is 10.5 Å². The van der Waals surface area contributed by atoms with Crippen LogP contribution in [0.1, 0.15) is 57.2 Å². The van der Waals surface area contributed by atoms with Gasteiger partial charge in [-0.05, 0) is 56.8 Å². The summed E-state index contributed by atoms with van der Waals surface area (Å²) in [4.78, 5) is 2.56. The fourth-order valence-corrected chi connectivity index (χ4v) is 3.24. The Kier molecular flexibility index (Phi) is 6.07. The third-order valence-electron chi connectivity index (χ3n) is 4.37. The molecule has 0 amide bonds. The van der Waals surface area contributed by atoms with Gasteiger partial charge in [0.05, 0.1) is 6.61 Å². The molecule has 2 atom stereocenters. The van der Waals surface area contributed by atoms with Crippen molar-refractivity contribution in [3.63, 3.8) is 0 Å². The van der Waals surface area contributed by atoms with Crippen LogP contribution in [0.3, 0.4) is 0 Å². The van der Waals surface area contributed by atoms with Gasteiger partial charge in [-0.25, -0.2) is 0 Å². The van der Waals surface area contributed by atoms with Crippen molar-refractivity contribution in [2.75, 3.05) is 19.7 Å². The highest BCUT2D eigenvalue weighted by atomic mass is 16.5. The average Bonchev–Trinajstić information content (AvgIpc) is 2.88. The van der Waals surface area contributed by atoms with Crippen LogP contribution in [0.4, 0.5) is 0 Å². The van der Waals surface area contributed by atoms with Gasteiger partial charge in [0.2, 0.25) is 0 Å². The first-order valence-corrected chi connectivity index (χ1v) is 8.37. The first-order valence-electron chi connectivity index (χ1n) is 8.37. The summed E-state index contributed by atoms with van der Waals surface area (Å²) in [5, 5.41) is 0. The molecule has 1 fully saturated rings. The second kappa shape index (κ2) is 7.81. The number of hydrogen-bond donors (Lipinski definition) is 1. The van der Waals surface area contributed by atoms with Gasteiger partial charge in [0.15, 0.2) is 0 Å². The van der Waals surface area contributed by atoms with Gasteiger partial charge in [0, 0.05) is 24.7 Å². The quantitative estimate of drug-likeness (QED) is 0.831. The summed E-state index contributed by atoms with van der Waals surface area (Å²) >= 11 is 0. The molecule has 0 bridgehead atoms. The lowest BCUT2D eigenvalue weighted by molar-refractivity contribution is 0.294. The number of nitrogens with two attached hydrogens (primary N) is 1. The Labute approximate surface area is 129 Å². The smallest absolute Gasteiger partial charge is 0.123 e. The molecule has 0 aliphatic carbocycles. The Bertz CT molecular complexity index is 445. The van der Waals surface area contributed by atoms with Gasteiger partial charge in [-0.2, -0.15) is 0 Å². The molecule has 118 valence electrons. The number of likely N-dealkylation sites (tertiary alicyclic amines) is 1. The van der Waals surface area contributed by atoms with Gasteiger partial charge in [-0.3, -0.25) is 4.90 Å².